The first-order valence-electron chi connectivity index (χ1n) is 8.46. The van der Waals surface area contributed by atoms with Crippen molar-refractivity contribution in [3.05, 3.63) is 35.4 Å². The number of carbonyl (C=O) groups excluding carboxylic acids is 1. The molecule has 1 aromatic rings. The van der Waals surface area contributed by atoms with Crippen LogP contribution in [0.5, 0.6) is 0 Å². The first kappa shape index (κ1) is 17.9. The molecule has 0 aliphatic carbocycles. The van der Waals surface area contributed by atoms with Gasteiger partial charge in [0, 0.05) is 39.3 Å². The topological polar surface area (TPSA) is 61.6 Å². The standard InChI is InChI=1S/C18H30N4O/c1-14-4-6-16(7-5-14)17(19)18(23)20-12-15(2)13-22-10-8-21(3)9-11-22/h4-7,15,17H,8-13,19H2,1-3H3,(H,20,23). The monoisotopic (exact) mass is 318 g/mol. The summed E-state index contributed by atoms with van der Waals surface area (Å²) in [5.41, 5.74) is 8.08. The Hall–Kier alpha value is -1.43. The Kier molecular flexibility index (Phi) is 6.57. The molecule has 23 heavy (non-hydrogen) atoms. The zero-order valence-electron chi connectivity index (χ0n) is 14.6. The van der Waals surface area contributed by atoms with Crippen LogP contribution in [-0.2, 0) is 4.79 Å². The Morgan fingerprint density at radius 1 is 1.22 bits per heavy atom. The molecule has 1 aliphatic heterocycles. The van der Waals surface area contributed by atoms with Gasteiger partial charge in [0.05, 0.1) is 0 Å². The molecule has 5 nitrogen and oxygen atoms in total. The number of aryl methyl sites for hydroxylation is 1. The highest BCUT2D eigenvalue weighted by Gasteiger charge is 2.19. The maximum Gasteiger partial charge on any atom is 0.241 e. The van der Waals surface area contributed by atoms with Crippen LogP contribution in [0, 0.1) is 12.8 Å². The summed E-state index contributed by atoms with van der Waals surface area (Å²) in [4.78, 5) is 17.0. The van der Waals surface area contributed by atoms with E-state index < -0.39 is 6.04 Å². The summed E-state index contributed by atoms with van der Waals surface area (Å²) in [7, 11) is 2.16. The summed E-state index contributed by atoms with van der Waals surface area (Å²) >= 11 is 0. The minimum atomic E-state index is -0.591. The maximum atomic E-state index is 12.2. The van der Waals surface area contributed by atoms with Gasteiger partial charge in [-0.1, -0.05) is 36.8 Å². The Bertz CT molecular complexity index is 494. The molecule has 128 valence electrons. The van der Waals surface area contributed by atoms with Gasteiger partial charge in [0.25, 0.3) is 0 Å². The molecule has 1 aromatic carbocycles. The van der Waals surface area contributed by atoms with E-state index in [0.29, 0.717) is 12.5 Å². The van der Waals surface area contributed by atoms with Gasteiger partial charge in [-0.15, -0.1) is 0 Å². The Morgan fingerprint density at radius 2 is 1.83 bits per heavy atom. The van der Waals surface area contributed by atoms with Crippen molar-refractivity contribution in [3.8, 4) is 0 Å². The minimum Gasteiger partial charge on any atom is -0.354 e. The van der Waals surface area contributed by atoms with Gasteiger partial charge in [0.2, 0.25) is 5.91 Å². The van der Waals surface area contributed by atoms with E-state index >= 15 is 0 Å². The average molecular weight is 318 g/mol. The molecular formula is C18H30N4O. The van der Waals surface area contributed by atoms with E-state index in [9.17, 15) is 4.79 Å². The second-order valence-electron chi connectivity index (χ2n) is 6.84. The van der Waals surface area contributed by atoms with Crippen molar-refractivity contribution in [2.75, 3.05) is 46.3 Å². The molecule has 2 unspecified atom stereocenters. The third-order valence-corrected chi connectivity index (χ3v) is 4.51. The number of nitrogens with zero attached hydrogens (tertiary/aromatic N) is 2. The summed E-state index contributed by atoms with van der Waals surface area (Å²) in [6.45, 7) is 10.4. The molecule has 0 aromatic heterocycles. The van der Waals surface area contributed by atoms with Crippen LogP contribution < -0.4 is 11.1 Å². The number of rotatable bonds is 6. The van der Waals surface area contributed by atoms with E-state index in [1.807, 2.05) is 31.2 Å². The number of hydrogen-bond acceptors (Lipinski definition) is 4. The van der Waals surface area contributed by atoms with Crippen molar-refractivity contribution in [3.63, 3.8) is 0 Å². The predicted molar refractivity (Wildman–Crippen MR) is 94.2 cm³/mol. The second-order valence-corrected chi connectivity index (χ2v) is 6.84. The third kappa shape index (κ3) is 5.61. The zero-order valence-corrected chi connectivity index (χ0v) is 14.6. The van der Waals surface area contributed by atoms with Gasteiger partial charge in [0.1, 0.15) is 6.04 Å². The fourth-order valence-electron chi connectivity index (χ4n) is 2.85. The summed E-state index contributed by atoms with van der Waals surface area (Å²) in [6.07, 6.45) is 0. The van der Waals surface area contributed by atoms with Crippen LogP contribution in [0.15, 0.2) is 24.3 Å². The lowest BCUT2D eigenvalue weighted by molar-refractivity contribution is -0.122. The van der Waals surface area contributed by atoms with Gasteiger partial charge < -0.3 is 20.9 Å². The molecule has 1 amide bonds. The molecule has 1 heterocycles. The van der Waals surface area contributed by atoms with Crippen LogP contribution in [0.4, 0.5) is 0 Å². The number of carbonyl (C=O) groups is 1. The Morgan fingerprint density at radius 3 is 2.43 bits per heavy atom. The van der Waals surface area contributed by atoms with Crippen LogP contribution in [0.25, 0.3) is 0 Å². The molecule has 0 spiro atoms. The number of amides is 1. The van der Waals surface area contributed by atoms with Crippen molar-refractivity contribution in [2.45, 2.75) is 19.9 Å². The van der Waals surface area contributed by atoms with E-state index in [-0.39, 0.29) is 5.91 Å². The quantitative estimate of drug-likeness (QED) is 0.821. The number of piperazine rings is 1. The Balaban J connectivity index is 1.73. The molecule has 1 fully saturated rings. The zero-order chi connectivity index (χ0) is 16.8. The van der Waals surface area contributed by atoms with Gasteiger partial charge in [-0.05, 0) is 25.5 Å². The summed E-state index contributed by atoms with van der Waals surface area (Å²) in [5, 5.41) is 2.99. The van der Waals surface area contributed by atoms with E-state index in [1.165, 1.54) is 5.56 Å². The van der Waals surface area contributed by atoms with Crippen LogP contribution in [0.1, 0.15) is 24.1 Å². The van der Waals surface area contributed by atoms with Crippen molar-refractivity contribution in [1.82, 2.24) is 15.1 Å². The highest BCUT2D eigenvalue weighted by atomic mass is 16.2. The molecule has 1 saturated heterocycles. The smallest absolute Gasteiger partial charge is 0.241 e. The molecule has 1 aliphatic rings. The third-order valence-electron chi connectivity index (χ3n) is 4.51. The molecule has 0 bridgehead atoms. The van der Waals surface area contributed by atoms with E-state index in [4.69, 9.17) is 5.73 Å². The number of benzene rings is 1. The predicted octanol–water partition coefficient (Wildman–Crippen LogP) is 0.995. The number of hydrogen-bond donors (Lipinski definition) is 2. The fraction of sp³-hybridized carbons (Fsp3) is 0.611. The van der Waals surface area contributed by atoms with E-state index in [2.05, 4.69) is 29.1 Å². The summed E-state index contributed by atoms with van der Waals surface area (Å²) in [6, 6.07) is 7.23. The van der Waals surface area contributed by atoms with Gasteiger partial charge in [-0.2, -0.15) is 0 Å². The van der Waals surface area contributed by atoms with E-state index in [1.54, 1.807) is 0 Å². The normalized spacial score (nSPS) is 19.3. The molecule has 2 atom stereocenters. The number of nitrogens with one attached hydrogen (secondary N) is 1. The van der Waals surface area contributed by atoms with Crippen molar-refractivity contribution in [1.29, 1.82) is 0 Å². The number of nitrogens with two attached hydrogens (primary N) is 1. The highest BCUT2D eigenvalue weighted by Crippen LogP contribution is 2.12. The van der Waals surface area contributed by atoms with Gasteiger partial charge in [0.15, 0.2) is 0 Å². The van der Waals surface area contributed by atoms with Gasteiger partial charge in [-0.25, -0.2) is 0 Å². The lowest BCUT2D eigenvalue weighted by Gasteiger charge is -2.34. The molecule has 3 N–H and O–H groups in total. The molecule has 0 saturated carbocycles. The minimum absolute atomic E-state index is 0.0981. The van der Waals surface area contributed by atoms with E-state index in [0.717, 1.165) is 38.3 Å². The van der Waals surface area contributed by atoms with Crippen LogP contribution >= 0.6 is 0 Å². The van der Waals surface area contributed by atoms with Crippen LogP contribution in [0.3, 0.4) is 0 Å². The lowest BCUT2D eigenvalue weighted by Crippen LogP contribution is -2.47. The van der Waals surface area contributed by atoms with Crippen LogP contribution in [0.2, 0.25) is 0 Å². The first-order valence-corrected chi connectivity index (χ1v) is 8.46. The van der Waals surface area contributed by atoms with Crippen molar-refractivity contribution >= 4 is 5.91 Å². The van der Waals surface area contributed by atoms with Crippen LogP contribution in [-0.4, -0.2) is 62.0 Å². The molecule has 0 radical (unpaired) electrons. The maximum absolute atomic E-state index is 12.2. The lowest BCUT2D eigenvalue weighted by atomic mass is 10.0. The molecule has 5 heteroatoms. The average Bonchev–Trinajstić information content (AvgIpc) is 2.55. The molecule has 2 rings (SSSR count). The van der Waals surface area contributed by atoms with Gasteiger partial charge >= 0.3 is 0 Å². The number of likely N-dealkylation sites (N-methyl/N-ethyl adjacent to an activating group) is 1. The highest BCUT2D eigenvalue weighted by molar-refractivity contribution is 5.82. The fourth-order valence-corrected chi connectivity index (χ4v) is 2.85. The Labute approximate surface area is 139 Å². The SMILES string of the molecule is Cc1ccc(C(N)C(=O)NCC(C)CN2CCN(C)CC2)cc1. The largest absolute Gasteiger partial charge is 0.354 e. The molecular weight excluding hydrogens is 288 g/mol. The second kappa shape index (κ2) is 8.43. The summed E-state index contributed by atoms with van der Waals surface area (Å²) < 4.78 is 0. The first-order chi connectivity index (χ1) is 11.0. The van der Waals surface area contributed by atoms with Gasteiger partial charge in [-0.3, -0.25) is 4.79 Å². The van der Waals surface area contributed by atoms with Crippen molar-refractivity contribution < 1.29 is 4.79 Å². The van der Waals surface area contributed by atoms with Crippen molar-refractivity contribution in [2.24, 2.45) is 11.7 Å². The summed E-state index contributed by atoms with van der Waals surface area (Å²) in [5.74, 6) is 0.326.